The van der Waals surface area contributed by atoms with E-state index in [0.717, 1.165) is 18.4 Å². The Morgan fingerprint density at radius 3 is 2.45 bits per heavy atom. The molecule has 0 radical (unpaired) electrons. The van der Waals surface area contributed by atoms with Crippen LogP contribution in [-0.2, 0) is 20.8 Å². The summed E-state index contributed by atoms with van der Waals surface area (Å²) in [7, 11) is 0. The topological polar surface area (TPSA) is 99.0 Å². The molecule has 0 aliphatic carbocycles. The lowest BCUT2D eigenvalue weighted by Crippen LogP contribution is -2.47. The first kappa shape index (κ1) is 32.2. The minimum absolute atomic E-state index is 0.0365. The van der Waals surface area contributed by atoms with Crippen LogP contribution in [0.2, 0.25) is 10.0 Å². The number of ether oxygens (including phenoxy) is 3. The van der Waals surface area contributed by atoms with Gasteiger partial charge in [-0.25, -0.2) is 9.48 Å². The van der Waals surface area contributed by atoms with E-state index < -0.39 is 23.5 Å². The van der Waals surface area contributed by atoms with Crippen molar-refractivity contribution in [2.75, 3.05) is 13.1 Å². The van der Waals surface area contributed by atoms with E-state index in [2.05, 4.69) is 10.3 Å². The molecule has 0 bridgehead atoms. The number of para-hydroxylation sites is 1. The van der Waals surface area contributed by atoms with Gasteiger partial charge in [0.25, 0.3) is 5.91 Å². The molecule has 2 atom stereocenters. The number of carbonyl (C=O) groups excluding carboxylic acids is 2. The Morgan fingerprint density at radius 2 is 1.77 bits per heavy atom. The second kappa shape index (κ2) is 12.7. The zero-order chi connectivity index (χ0) is 31.8. The summed E-state index contributed by atoms with van der Waals surface area (Å²) in [5.41, 5.74) is 1.02. The van der Waals surface area contributed by atoms with Crippen molar-refractivity contribution in [2.45, 2.75) is 90.6 Å². The van der Waals surface area contributed by atoms with E-state index in [4.69, 9.17) is 37.4 Å². The Kier molecular flexibility index (Phi) is 9.28. The summed E-state index contributed by atoms with van der Waals surface area (Å²) in [6.45, 7) is 12.6. The van der Waals surface area contributed by atoms with Gasteiger partial charge >= 0.3 is 6.09 Å². The third-order valence-corrected chi connectivity index (χ3v) is 8.50. The molecule has 2 aliphatic heterocycles. The van der Waals surface area contributed by atoms with Crippen molar-refractivity contribution in [2.24, 2.45) is 0 Å². The second-order valence-electron chi connectivity index (χ2n) is 12.7. The SMILES string of the molecule is C[C@H]1OC(C)(C)N(C(=O)OC(C)(C)C)[C@@H]1c1cn(-c2ccccc2C(=O)N2CCC(OCc3ccc(Cl)c(Cl)c3)CC2)nn1. The van der Waals surface area contributed by atoms with Gasteiger partial charge < -0.3 is 19.1 Å². The van der Waals surface area contributed by atoms with Crippen molar-refractivity contribution in [1.29, 1.82) is 0 Å². The summed E-state index contributed by atoms with van der Waals surface area (Å²) in [6, 6.07) is 12.3. The largest absolute Gasteiger partial charge is 0.444 e. The Morgan fingerprint density at radius 1 is 1.07 bits per heavy atom. The fourth-order valence-corrected chi connectivity index (χ4v) is 6.08. The van der Waals surface area contributed by atoms with Crippen LogP contribution < -0.4 is 0 Å². The van der Waals surface area contributed by atoms with Crippen molar-refractivity contribution < 1.29 is 23.8 Å². The van der Waals surface area contributed by atoms with E-state index in [1.807, 2.05) is 76.8 Å². The number of piperidine rings is 1. The molecule has 0 unspecified atom stereocenters. The molecule has 0 saturated carbocycles. The number of benzene rings is 2. The molecule has 1 aromatic heterocycles. The van der Waals surface area contributed by atoms with Crippen molar-refractivity contribution in [1.82, 2.24) is 24.8 Å². The maximum Gasteiger partial charge on any atom is 0.413 e. The summed E-state index contributed by atoms with van der Waals surface area (Å²) >= 11 is 12.1. The van der Waals surface area contributed by atoms with Gasteiger partial charge in [0.05, 0.1) is 46.3 Å². The second-order valence-corrected chi connectivity index (χ2v) is 13.5. The van der Waals surface area contributed by atoms with Crippen molar-refractivity contribution in [3.8, 4) is 5.69 Å². The van der Waals surface area contributed by atoms with Gasteiger partial charge in [-0.1, -0.05) is 46.6 Å². The zero-order valence-corrected chi connectivity index (χ0v) is 27.4. The number of nitrogens with zero attached hydrogens (tertiary/aromatic N) is 5. The third kappa shape index (κ3) is 7.04. The quantitative estimate of drug-likeness (QED) is 0.290. The monoisotopic (exact) mass is 643 g/mol. The molecule has 2 amide bonds. The highest BCUT2D eigenvalue weighted by Gasteiger charge is 2.51. The molecule has 5 rings (SSSR count). The molecule has 3 heterocycles. The van der Waals surface area contributed by atoms with Gasteiger partial charge in [0.15, 0.2) is 0 Å². The van der Waals surface area contributed by atoms with Gasteiger partial charge in [-0.3, -0.25) is 9.69 Å². The molecule has 0 N–H and O–H groups in total. The van der Waals surface area contributed by atoms with Crippen molar-refractivity contribution in [3.05, 3.63) is 75.5 Å². The van der Waals surface area contributed by atoms with E-state index in [0.29, 0.717) is 46.7 Å². The van der Waals surface area contributed by atoms with E-state index in [1.165, 1.54) is 0 Å². The summed E-state index contributed by atoms with van der Waals surface area (Å²) in [6.07, 6.45) is 2.37. The third-order valence-electron chi connectivity index (χ3n) is 7.76. The smallest absolute Gasteiger partial charge is 0.413 e. The van der Waals surface area contributed by atoms with E-state index >= 15 is 0 Å². The van der Waals surface area contributed by atoms with Crippen molar-refractivity contribution >= 4 is 35.2 Å². The molecule has 0 spiro atoms. The minimum atomic E-state index is -0.915. The van der Waals surface area contributed by atoms with Gasteiger partial charge in [-0.2, -0.15) is 0 Å². The predicted octanol–water partition coefficient (Wildman–Crippen LogP) is 6.83. The lowest BCUT2D eigenvalue weighted by atomic mass is 10.0. The van der Waals surface area contributed by atoms with Crippen LogP contribution in [0, 0.1) is 0 Å². The van der Waals surface area contributed by atoms with E-state index in [9.17, 15) is 9.59 Å². The van der Waals surface area contributed by atoms with Crippen LogP contribution in [0.5, 0.6) is 0 Å². The van der Waals surface area contributed by atoms with Crippen LogP contribution in [0.25, 0.3) is 5.69 Å². The summed E-state index contributed by atoms with van der Waals surface area (Å²) in [5.74, 6) is -0.0883. The number of amides is 2. The number of carbonyl (C=O) groups is 2. The Bertz CT molecular complexity index is 1510. The molecule has 2 fully saturated rings. The van der Waals surface area contributed by atoms with Gasteiger partial charge in [0.2, 0.25) is 0 Å². The fraction of sp³-hybridized carbons (Fsp3) is 0.500. The van der Waals surface area contributed by atoms with E-state index in [1.54, 1.807) is 27.9 Å². The maximum absolute atomic E-state index is 13.7. The minimum Gasteiger partial charge on any atom is -0.444 e. The molecular weight excluding hydrogens is 605 g/mol. The lowest BCUT2D eigenvalue weighted by Gasteiger charge is -2.34. The standard InChI is InChI=1S/C32H39Cl2N5O5/c1-20-28(39(32(5,6)43-20)30(41)44-31(2,3)4)26-18-38(36-35-26)27-10-8-7-9-23(27)29(40)37-15-13-22(14-16-37)42-19-21-11-12-24(33)25(34)17-21/h7-12,17-18,20,22,28H,13-16,19H2,1-6H3/t20-,28+/m1/s1. The highest BCUT2D eigenvalue weighted by atomic mass is 35.5. The number of hydrogen-bond acceptors (Lipinski definition) is 7. The molecule has 2 aromatic carbocycles. The van der Waals surface area contributed by atoms with Crippen LogP contribution in [0.4, 0.5) is 4.79 Å². The number of aromatic nitrogens is 3. The number of rotatable bonds is 6. The molecule has 44 heavy (non-hydrogen) atoms. The molecule has 2 aliphatic rings. The highest BCUT2D eigenvalue weighted by Crippen LogP contribution is 2.41. The van der Waals surface area contributed by atoms with Crippen LogP contribution in [0.15, 0.2) is 48.7 Å². The average Bonchev–Trinajstić information content (AvgIpc) is 3.53. The van der Waals surface area contributed by atoms with Crippen LogP contribution in [-0.4, -0.2) is 73.4 Å². The van der Waals surface area contributed by atoms with Crippen molar-refractivity contribution in [3.63, 3.8) is 0 Å². The maximum atomic E-state index is 13.7. The number of likely N-dealkylation sites (tertiary alicyclic amines) is 1. The lowest BCUT2D eigenvalue weighted by molar-refractivity contribution is -0.0757. The molecule has 2 saturated heterocycles. The Hall–Kier alpha value is -3.18. The first-order chi connectivity index (χ1) is 20.7. The number of hydrogen-bond donors (Lipinski definition) is 0. The molecule has 10 nitrogen and oxygen atoms in total. The van der Waals surface area contributed by atoms with E-state index in [-0.39, 0.29) is 18.1 Å². The van der Waals surface area contributed by atoms with Crippen LogP contribution in [0.1, 0.15) is 82.0 Å². The summed E-state index contributed by atoms with van der Waals surface area (Å²) < 4.78 is 19.5. The number of halogens is 2. The van der Waals surface area contributed by atoms with Gasteiger partial charge in [0.1, 0.15) is 23.1 Å². The Labute approximate surface area is 268 Å². The van der Waals surface area contributed by atoms with Gasteiger partial charge in [-0.05, 0) is 84.2 Å². The summed E-state index contributed by atoms with van der Waals surface area (Å²) in [4.78, 5) is 30.4. The predicted molar refractivity (Wildman–Crippen MR) is 167 cm³/mol. The van der Waals surface area contributed by atoms with Gasteiger partial charge in [-0.15, -0.1) is 5.10 Å². The molecular formula is C32H39Cl2N5O5. The highest BCUT2D eigenvalue weighted by molar-refractivity contribution is 6.42. The Balaban J connectivity index is 1.28. The molecule has 12 heteroatoms. The first-order valence-electron chi connectivity index (χ1n) is 14.8. The normalized spacial score (nSPS) is 20.6. The first-order valence-corrected chi connectivity index (χ1v) is 15.6. The van der Waals surface area contributed by atoms with Gasteiger partial charge in [0, 0.05) is 13.1 Å². The summed E-state index contributed by atoms with van der Waals surface area (Å²) in [5, 5.41) is 9.81. The average molecular weight is 645 g/mol. The van der Waals surface area contributed by atoms with Crippen LogP contribution >= 0.6 is 23.2 Å². The fourth-order valence-electron chi connectivity index (χ4n) is 5.76. The zero-order valence-electron chi connectivity index (χ0n) is 25.9. The van der Waals surface area contributed by atoms with Crippen LogP contribution in [0.3, 0.4) is 0 Å². The molecule has 236 valence electrons. The molecule has 3 aromatic rings.